The minimum absolute atomic E-state index is 0.602. The third-order valence-electron chi connectivity index (χ3n) is 5.97. The van der Waals surface area contributed by atoms with Crippen LogP contribution < -0.4 is 4.74 Å². The van der Waals surface area contributed by atoms with Gasteiger partial charge in [-0.2, -0.15) is 25.1 Å². The zero-order valence-corrected chi connectivity index (χ0v) is 19.3. The molecule has 0 aliphatic rings. The van der Waals surface area contributed by atoms with E-state index in [9.17, 15) is 0 Å². The van der Waals surface area contributed by atoms with Crippen molar-refractivity contribution in [3.05, 3.63) is 103 Å². The van der Waals surface area contributed by atoms with E-state index in [1.165, 1.54) is 0 Å². The van der Waals surface area contributed by atoms with Crippen molar-refractivity contribution in [3.8, 4) is 45.7 Å². The summed E-state index contributed by atoms with van der Waals surface area (Å²) in [5, 5.41) is 29.6. The molecule has 0 fully saturated rings. The molecule has 2 aromatic heterocycles. The SMILES string of the molecule is COc1ccc(-c2cnn(-c3cccc4cccc(-n5ncc(-c6ccc(C#N)cc6)n5)c34)n2)cc1. The maximum absolute atomic E-state index is 9.06. The number of nitriles is 1. The molecule has 0 N–H and O–H groups in total. The summed E-state index contributed by atoms with van der Waals surface area (Å²) in [5.41, 5.74) is 5.54. The Morgan fingerprint density at radius 3 is 1.72 bits per heavy atom. The maximum Gasteiger partial charge on any atom is 0.118 e. The van der Waals surface area contributed by atoms with Gasteiger partial charge in [0.25, 0.3) is 0 Å². The molecule has 0 amide bonds. The summed E-state index contributed by atoms with van der Waals surface area (Å²) in [6, 6.07) is 29.1. The Labute approximate surface area is 206 Å². The van der Waals surface area contributed by atoms with Crippen LogP contribution >= 0.6 is 0 Å². The molecule has 0 bridgehead atoms. The van der Waals surface area contributed by atoms with Gasteiger partial charge in [0.1, 0.15) is 17.1 Å². The lowest BCUT2D eigenvalue weighted by molar-refractivity contribution is 0.415. The third-order valence-corrected chi connectivity index (χ3v) is 5.97. The maximum atomic E-state index is 9.06. The molecule has 0 unspecified atom stereocenters. The number of nitrogens with zero attached hydrogens (tertiary/aromatic N) is 7. The van der Waals surface area contributed by atoms with E-state index in [0.29, 0.717) is 11.3 Å². The van der Waals surface area contributed by atoms with Gasteiger partial charge in [0, 0.05) is 16.5 Å². The largest absolute Gasteiger partial charge is 0.497 e. The number of methoxy groups -OCH3 is 1. The fraction of sp³-hybridized carbons (Fsp3) is 0.0357. The molecule has 0 aliphatic carbocycles. The Bertz CT molecular complexity index is 1720. The fourth-order valence-corrected chi connectivity index (χ4v) is 4.14. The van der Waals surface area contributed by atoms with Crippen molar-refractivity contribution in [3.63, 3.8) is 0 Å². The van der Waals surface area contributed by atoms with Crippen LogP contribution in [0.3, 0.4) is 0 Å². The minimum Gasteiger partial charge on any atom is -0.497 e. The van der Waals surface area contributed by atoms with Gasteiger partial charge in [-0.1, -0.05) is 36.4 Å². The van der Waals surface area contributed by atoms with Crippen LogP contribution in [0.5, 0.6) is 5.75 Å². The number of ether oxygens (including phenoxy) is 1. The summed E-state index contributed by atoms with van der Waals surface area (Å²) < 4.78 is 5.26. The lowest BCUT2D eigenvalue weighted by Crippen LogP contribution is -2.05. The highest BCUT2D eigenvalue weighted by Gasteiger charge is 2.15. The van der Waals surface area contributed by atoms with Crippen molar-refractivity contribution < 1.29 is 4.74 Å². The fourth-order valence-electron chi connectivity index (χ4n) is 4.14. The van der Waals surface area contributed by atoms with Crippen molar-refractivity contribution in [2.45, 2.75) is 0 Å². The van der Waals surface area contributed by atoms with Crippen molar-refractivity contribution in [1.29, 1.82) is 5.26 Å². The van der Waals surface area contributed by atoms with E-state index in [4.69, 9.17) is 20.2 Å². The molecular formula is C28H19N7O. The van der Waals surface area contributed by atoms with Crippen LogP contribution in [-0.2, 0) is 0 Å². The molecule has 0 saturated heterocycles. The smallest absolute Gasteiger partial charge is 0.118 e. The van der Waals surface area contributed by atoms with E-state index >= 15 is 0 Å². The van der Waals surface area contributed by atoms with E-state index < -0.39 is 0 Å². The first-order chi connectivity index (χ1) is 17.7. The number of fused-ring (bicyclic) bond motifs is 1. The van der Waals surface area contributed by atoms with Gasteiger partial charge in [-0.15, -0.1) is 10.2 Å². The van der Waals surface area contributed by atoms with Crippen LogP contribution in [0.15, 0.2) is 97.3 Å². The zero-order valence-electron chi connectivity index (χ0n) is 19.3. The van der Waals surface area contributed by atoms with Gasteiger partial charge >= 0.3 is 0 Å². The van der Waals surface area contributed by atoms with Gasteiger partial charge in [0.2, 0.25) is 0 Å². The van der Waals surface area contributed by atoms with Crippen LogP contribution in [0.1, 0.15) is 5.56 Å². The van der Waals surface area contributed by atoms with E-state index in [1.54, 1.807) is 41.2 Å². The van der Waals surface area contributed by atoms with Crippen LogP contribution in [0.25, 0.3) is 44.7 Å². The number of hydrogen-bond acceptors (Lipinski definition) is 6. The van der Waals surface area contributed by atoms with Crippen LogP contribution in [0, 0.1) is 11.3 Å². The van der Waals surface area contributed by atoms with Crippen molar-refractivity contribution >= 4 is 10.8 Å². The van der Waals surface area contributed by atoms with E-state index in [1.807, 2.05) is 72.8 Å². The van der Waals surface area contributed by atoms with Gasteiger partial charge in [0.05, 0.1) is 42.5 Å². The molecule has 6 aromatic rings. The Hall–Kier alpha value is -5.29. The Balaban J connectivity index is 1.43. The van der Waals surface area contributed by atoms with Crippen molar-refractivity contribution in [2.75, 3.05) is 7.11 Å². The van der Waals surface area contributed by atoms with Crippen molar-refractivity contribution in [1.82, 2.24) is 30.0 Å². The van der Waals surface area contributed by atoms with Crippen LogP contribution in [0.2, 0.25) is 0 Å². The lowest BCUT2D eigenvalue weighted by Gasteiger charge is -2.10. The monoisotopic (exact) mass is 469 g/mol. The lowest BCUT2D eigenvalue weighted by atomic mass is 10.1. The summed E-state index contributed by atoms with van der Waals surface area (Å²) in [4.78, 5) is 3.25. The van der Waals surface area contributed by atoms with Gasteiger partial charge < -0.3 is 4.74 Å². The predicted molar refractivity (Wildman–Crippen MR) is 136 cm³/mol. The summed E-state index contributed by atoms with van der Waals surface area (Å²) in [5.74, 6) is 0.789. The van der Waals surface area contributed by atoms with E-state index in [2.05, 4.69) is 16.3 Å². The Morgan fingerprint density at radius 1 is 0.694 bits per heavy atom. The van der Waals surface area contributed by atoms with Crippen molar-refractivity contribution in [2.24, 2.45) is 0 Å². The molecule has 6 rings (SSSR count). The topological polar surface area (TPSA) is 94.4 Å². The summed E-state index contributed by atoms with van der Waals surface area (Å²) >= 11 is 0. The summed E-state index contributed by atoms with van der Waals surface area (Å²) in [6.45, 7) is 0. The second-order valence-electron chi connectivity index (χ2n) is 8.11. The molecule has 8 nitrogen and oxygen atoms in total. The third kappa shape index (κ3) is 3.75. The summed E-state index contributed by atoms with van der Waals surface area (Å²) in [7, 11) is 1.64. The molecule has 36 heavy (non-hydrogen) atoms. The average Bonchev–Trinajstić information content (AvgIpc) is 3.63. The van der Waals surface area contributed by atoms with Gasteiger partial charge in [-0.3, -0.25) is 0 Å². The van der Waals surface area contributed by atoms with E-state index in [0.717, 1.165) is 44.7 Å². The molecule has 0 saturated carbocycles. The highest BCUT2D eigenvalue weighted by Crippen LogP contribution is 2.29. The molecule has 0 atom stereocenters. The Kier molecular flexibility index (Phi) is 5.20. The molecule has 0 aliphatic heterocycles. The minimum atomic E-state index is 0.602. The molecule has 2 heterocycles. The molecule has 4 aromatic carbocycles. The highest BCUT2D eigenvalue weighted by atomic mass is 16.5. The van der Waals surface area contributed by atoms with Gasteiger partial charge in [-0.25, -0.2) is 0 Å². The number of benzene rings is 4. The van der Waals surface area contributed by atoms with Crippen LogP contribution in [0.4, 0.5) is 0 Å². The summed E-state index contributed by atoms with van der Waals surface area (Å²) in [6.07, 6.45) is 3.47. The molecular weight excluding hydrogens is 450 g/mol. The molecule has 172 valence electrons. The highest BCUT2D eigenvalue weighted by molar-refractivity contribution is 5.96. The first kappa shape index (κ1) is 21.3. The first-order valence-corrected chi connectivity index (χ1v) is 11.3. The predicted octanol–water partition coefficient (Wildman–Crippen LogP) is 5.22. The number of aromatic nitrogens is 6. The standard InChI is InChI=1S/C28H19N7O/c1-36-23-14-12-21(13-15-23)25-18-31-35(33-25)27-7-3-5-22-4-2-6-26(28(22)27)34-30-17-24(32-34)20-10-8-19(16-29)9-11-20/h2-15,17-18H,1H3. The zero-order chi connectivity index (χ0) is 24.5. The Morgan fingerprint density at radius 2 is 1.22 bits per heavy atom. The van der Waals surface area contributed by atoms with Gasteiger partial charge in [0.15, 0.2) is 0 Å². The quantitative estimate of drug-likeness (QED) is 0.344. The number of rotatable bonds is 5. The average molecular weight is 470 g/mol. The van der Waals surface area contributed by atoms with Crippen LogP contribution in [-0.4, -0.2) is 37.1 Å². The molecule has 0 radical (unpaired) electrons. The second-order valence-corrected chi connectivity index (χ2v) is 8.11. The van der Waals surface area contributed by atoms with Gasteiger partial charge in [-0.05, 0) is 53.9 Å². The molecule has 8 heteroatoms. The second kappa shape index (κ2) is 8.81. The normalized spacial score (nSPS) is 10.9. The number of hydrogen-bond donors (Lipinski definition) is 0. The van der Waals surface area contributed by atoms with E-state index in [-0.39, 0.29) is 0 Å². The first-order valence-electron chi connectivity index (χ1n) is 11.3. The molecule has 0 spiro atoms.